The van der Waals surface area contributed by atoms with Crippen LogP contribution >= 0.6 is 0 Å². The van der Waals surface area contributed by atoms with Gasteiger partial charge >= 0.3 is 0 Å². The third-order valence-corrected chi connectivity index (χ3v) is 3.71. The molecule has 0 aliphatic carbocycles. The highest BCUT2D eigenvalue weighted by atomic mass is 15.0. The van der Waals surface area contributed by atoms with Crippen LogP contribution in [0, 0.1) is 11.3 Å². The summed E-state index contributed by atoms with van der Waals surface area (Å²) >= 11 is 0. The van der Waals surface area contributed by atoms with Gasteiger partial charge < -0.3 is 5.32 Å². The molecule has 0 fully saturated rings. The van der Waals surface area contributed by atoms with Crippen molar-refractivity contribution in [1.82, 2.24) is 4.98 Å². The molecule has 3 heteroatoms. The number of hydrogen-bond acceptors (Lipinski definition) is 3. The fourth-order valence-corrected chi connectivity index (χ4v) is 2.64. The lowest BCUT2D eigenvalue weighted by Crippen LogP contribution is -2.13. The van der Waals surface area contributed by atoms with Gasteiger partial charge in [0, 0.05) is 17.2 Å². The van der Waals surface area contributed by atoms with Crippen LogP contribution in [0.5, 0.6) is 0 Å². The maximum Gasteiger partial charge on any atom is 0.145 e. The summed E-state index contributed by atoms with van der Waals surface area (Å²) in [5.41, 5.74) is 4.38. The van der Waals surface area contributed by atoms with E-state index in [4.69, 9.17) is 4.98 Å². The number of benzene rings is 2. The quantitative estimate of drug-likeness (QED) is 0.728. The Hall–Kier alpha value is -3.12. The lowest BCUT2D eigenvalue weighted by Gasteiger charge is -2.16. The fraction of sp³-hybridized carbons (Fsp3) is 0.143. The Morgan fingerprint density at radius 2 is 1.50 bits per heavy atom. The predicted octanol–water partition coefficient (Wildman–Crippen LogP) is 5.11. The molecule has 0 unspecified atom stereocenters. The summed E-state index contributed by atoms with van der Waals surface area (Å²) in [6.45, 7) is 4.08. The monoisotopic (exact) mass is 313 g/mol. The maximum absolute atomic E-state index is 9.70. The molecule has 3 nitrogen and oxygen atoms in total. The molecule has 0 amide bonds. The largest absolute Gasteiger partial charge is 0.367 e. The van der Waals surface area contributed by atoms with Crippen molar-refractivity contribution in [3.8, 4) is 28.5 Å². The molecule has 118 valence electrons. The minimum Gasteiger partial charge on any atom is -0.367 e. The first-order valence-corrected chi connectivity index (χ1v) is 8.01. The average Bonchev–Trinajstić information content (AvgIpc) is 2.62. The van der Waals surface area contributed by atoms with Gasteiger partial charge in [-0.05, 0) is 25.5 Å². The highest BCUT2D eigenvalue weighted by Crippen LogP contribution is 2.32. The Kier molecular flexibility index (Phi) is 4.58. The summed E-state index contributed by atoms with van der Waals surface area (Å²) in [5, 5.41) is 13.0. The lowest BCUT2D eigenvalue weighted by molar-refractivity contribution is 0.888. The van der Waals surface area contributed by atoms with Gasteiger partial charge in [0.15, 0.2) is 0 Å². The summed E-state index contributed by atoms with van der Waals surface area (Å²) in [4.78, 5) is 4.71. The molecule has 0 spiro atoms. The molecule has 1 aromatic heterocycles. The lowest BCUT2D eigenvalue weighted by atomic mass is 9.98. The zero-order chi connectivity index (χ0) is 16.9. The Bertz CT molecular complexity index is 863. The molecule has 1 heterocycles. The number of nitrogens with one attached hydrogen (secondary N) is 1. The zero-order valence-corrected chi connectivity index (χ0v) is 13.8. The molecule has 0 saturated carbocycles. The van der Waals surface area contributed by atoms with E-state index in [-0.39, 0.29) is 6.04 Å². The highest BCUT2D eigenvalue weighted by molar-refractivity contribution is 5.80. The van der Waals surface area contributed by atoms with E-state index in [0.29, 0.717) is 11.4 Å². The van der Waals surface area contributed by atoms with Crippen LogP contribution in [-0.2, 0) is 0 Å². The van der Waals surface area contributed by atoms with Crippen molar-refractivity contribution in [1.29, 1.82) is 5.26 Å². The summed E-state index contributed by atoms with van der Waals surface area (Å²) in [5.74, 6) is 0.632. The second-order valence-corrected chi connectivity index (χ2v) is 5.92. The molecule has 0 radical (unpaired) electrons. The zero-order valence-electron chi connectivity index (χ0n) is 13.8. The molecular formula is C21H19N3. The first-order chi connectivity index (χ1) is 11.7. The number of pyridine rings is 1. The Morgan fingerprint density at radius 1 is 0.917 bits per heavy atom. The first kappa shape index (κ1) is 15.8. The van der Waals surface area contributed by atoms with Crippen molar-refractivity contribution in [2.45, 2.75) is 19.9 Å². The number of hydrogen-bond donors (Lipinski definition) is 1. The van der Waals surface area contributed by atoms with Gasteiger partial charge in [-0.25, -0.2) is 4.98 Å². The normalized spacial score (nSPS) is 10.4. The Labute approximate surface area is 142 Å². The van der Waals surface area contributed by atoms with E-state index in [0.717, 1.165) is 22.4 Å². The Morgan fingerprint density at radius 3 is 2.04 bits per heavy atom. The van der Waals surface area contributed by atoms with Crippen molar-refractivity contribution in [2.75, 3.05) is 5.32 Å². The van der Waals surface area contributed by atoms with E-state index in [9.17, 15) is 5.26 Å². The van der Waals surface area contributed by atoms with Crippen LogP contribution in [0.1, 0.15) is 19.4 Å². The van der Waals surface area contributed by atoms with Crippen LogP contribution < -0.4 is 5.32 Å². The smallest absolute Gasteiger partial charge is 0.145 e. The van der Waals surface area contributed by atoms with Crippen molar-refractivity contribution >= 4 is 5.82 Å². The van der Waals surface area contributed by atoms with Gasteiger partial charge in [0.05, 0.1) is 5.69 Å². The van der Waals surface area contributed by atoms with Gasteiger partial charge in [0.25, 0.3) is 0 Å². The van der Waals surface area contributed by atoms with Crippen LogP contribution in [0.15, 0.2) is 66.7 Å². The second-order valence-electron chi connectivity index (χ2n) is 5.92. The van der Waals surface area contributed by atoms with Gasteiger partial charge in [0.1, 0.15) is 17.5 Å². The van der Waals surface area contributed by atoms with Crippen LogP contribution in [0.25, 0.3) is 22.4 Å². The second kappa shape index (κ2) is 6.97. The molecule has 3 aromatic rings. The minimum absolute atomic E-state index is 0.194. The Balaban J connectivity index is 2.25. The van der Waals surface area contributed by atoms with Crippen LogP contribution in [0.3, 0.4) is 0 Å². The minimum atomic E-state index is 0.194. The highest BCUT2D eigenvalue weighted by Gasteiger charge is 2.15. The molecule has 0 aliphatic rings. The SMILES string of the molecule is CC(C)Nc1nc(-c2ccccc2)cc(-c2ccccc2)c1C#N. The average molecular weight is 313 g/mol. The van der Waals surface area contributed by atoms with E-state index in [2.05, 4.69) is 11.4 Å². The number of anilines is 1. The van der Waals surface area contributed by atoms with Gasteiger partial charge in [-0.1, -0.05) is 60.7 Å². The topological polar surface area (TPSA) is 48.7 Å². The van der Waals surface area contributed by atoms with Gasteiger partial charge in [0.2, 0.25) is 0 Å². The maximum atomic E-state index is 9.70. The summed E-state index contributed by atoms with van der Waals surface area (Å²) < 4.78 is 0. The van der Waals surface area contributed by atoms with Crippen LogP contribution in [0.4, 0.5) is 5.82 Å². The predicted molar refractivity (Wildman–Crippen MR) is 98.6 cm³/mol. The summed E-state index contributed by atoms with van der Waals surface area (Å²) in [7, 11) is 0. The van der Waals surface area contributed by atoms with Crippen LogP contribution in [0.2, 0.25) is 0 Å². The third-order valence-electron chi connectivity index (χ3n) is 3.71. The van der Waals surface area contributed by atoms with Gasteiger partial charge in [-0.2, -0.15) is 5.26 Å². The van der Waals surface area contributed by atoms with Crippen LogP contribution in [-0.4, -0.2) is 11.0 Å². The number of nitrogens with zero attached hydrogens (tertiary/aromatic N) is 2. The van der Waals surface area contributed by atoms with E-state index < -0.39 is 0 Å². The molecule has 24 heavy (non-hydrogen) atoms. The molecule has 3 rings (SSSR count). The summed E-state index contributed by atoms with van der Waals surface area (Å²) in [6.07, 6.45) is 0. The number of aromatic nitrogens is 1. The number of nitriles is 1. The molecule has 0 bridgehead atoms. The van der Waals surface area contributed by atoms with E-state index in [1.165, 1.54) is 0 Å². The van der Waals surface area contributed by atoms with Crippen molar-refractivity contribution in [2.24, 2.45) is 0 Å². The number of rotatable bonds is 4. The van der Waals surface area contributed by atoms with Crippen molar-refractivity contribution in [3.05, 3.63) is 72.3 Å². The molecular weight excluding hydrogens is 294 g/mol. The molecule has 0 atom stereocenters. The standard InChI is InChI=1S/C21H19N3/c1-15(2)23-21-19(14-22)18(16-9-5-3-6-10-16)13-20(24-21)17-11-7-4-8-12-17/h3-13,15H,1-2H3,(H,23,24). The van der Waals surface area contributed by atoms with Gasteiger partial charge in [-0.15, -0.1) is 0 Å². The van der Waals surface area contributed by atoms with Crippen molar-refractivity contribution in [3.63, 3.8) is 0 Å². The van der Waals surface area contributed by atoms with Crippen molar-refractivity contribution < 1.29 is 0 Å². The fourth-order valence-electron chi connectivity index (χ4n) is 2.64. The van der Waals surface area contributed by atoms with E-state index >= 15 is 0 Å². The molecule has 0 saturated heterocycles. The molecule has 1 N–H and O–H groups in total. The first-order valence-electron chi connectivity index (χ1n) is 8.01. The molecule has 0 aliphatic heterocycles. The third kappa shape index (κ3) is 3.28. The van der Waals surface area contributed by atoms with Gasteiger partial charge in [-0.3, -0.25) is 0 Å². The molecule has 2 aromatic carbocycles. The van der Waals surface area contributed by atoms with E-state index in [1.807, 2.05) is 80.6 Å². The van der Waals surface area contributed by atoms with E-state index in [1.54, 1.807) is 0 Å². The summed E-state index contributed by atoms with van der Waals surface area (Å²) in [6, 6.07) is 24.5.